The van der Waals surface area contributed by atoms with Gasteiger partial charge in [-0.2, -0.15) is 0 Å². The average Bonchev–Trinajstić information content (AvgIpc) is 2.86. The molecule has 1 fully saturated rings. The number of rotatable bonds is 7. The van der Waals surface area contributed by atoms with Crippen molar-refractivity contribution in [3.05, 3.63) is 94.8 Å². The molecule has 0 aromatic heterocycles. The first-order valence-corrected chi connectivity index (χ1v) is 12.2. The monoisotopic (exact) mass is 464 g/mol. The molecular formula is C30H31F3O. The lowest BCUT2D eigenvalue weighted by Gasteiger charge is -2.27. The molecule has 0 bridgehead atoms. The number of benzene rings is 3. The molecule has 34 heavy (non-hydrogen) atoms. The van der Waals surface area contributed by atoms with Crippen molar-refractivity contribution in [3.63, 3.8) is 0 Å². The predicted molar refractivity (Wildman–Crippen MR) is 132 cm³/mol. The third kappa shape index (κ3) is 5.38. The highest BCUT2D eigenvalue weighted by Crippen LogP contribution is 2.39. The van der Waals surface area contributed by atoms with Gasteiger partial charge in [-0.1, -0.05) is 61.5 Å². The summed E-state index contributed by atoms with van der Waals surface area (Å²) in [5, 5.41) is 0. The Hall–Kier alpha value is -3.01. The zero-order chi connectivity index (χ0) is 24.1. The lowest BCUT2D eigenvalue weighted by atomic mass is 9.78. The maximum Gasteiger partial charge on any atom is 0.166 e. The van der Waals surface area contributed by atoms with Crippen molar-refractivity contribution in [2.75, 3.05) is 6.61 Å². The molecule has 0 saturated heterocycles. The van der Waals surface area contributed by atoms with Crippen LogP contribution in [0, 0.1) is 23.4 Å². The molecule has 0 unspecified atom stereocenters. The van der Waals surface area contributed by atoms with Crippen LogP contribution in [0.1, 0.15) is 62.1 Å². The summed E-state index contributed by atoms with van der Waals surface area (Å²) in [5.74, 6) is -1.23. The van der Waals surface area contributed by atoms with Crippen LogP contribution in [0.25, 0.3) is 17.2 Å². The number of allylic oxidation sites excluding steroid dienone is 1. The Kier molecular flexibility index (Phi) is 7.77. The number of hydrogen-bond donors (Lipinski definition) is 0. The van der Waals surface area contributed by atoms with E-state index >= 15 is 4.39 Å². The van der Waals surface area contributed by atoms with Gasteiger partial charge in [0.2, 0.25) is 0 Å². The van der Waals surface area contributed by atoms with Crippen molar-refractivity contribution in [2.24, 2.45) is 5.92 Å². The largest absolute Gasteiger partial charge is 0.491 e. The zero-order valence-electron chi connectivity index (χ0n) is 19.8. The SMILES string of the molecule is CCOc1ccc(C=CC2CCC(c3ccc(-c4ccc(CC)cc4)c(F)c3F)CC2)cc1F. The maximum atomic E-state index is 15.0. The molecule has 3 aromatic carbocycles. The molecular weight excluding hydrogens is 433 g/mol. The van der Waals surface area contributed by atoms with Gasteiger partial charge in [-0.15, -0.1) is 0 Å². The molecule has 0 heterocycles. The van der Waals surface area contributed by atoms with E-state index in [2.05, 4.69) is 13.0 Å². The summed E-state index contributed by atoms with van der Waals surface area (Å²) < 4.78 is 49.3. The number of aryl methyl sites for hydroxylation is 1. The molecule has 1 nitrogen and oxygen atoms in total. The molecule has 0 aliphatic heterocycles. The Morgan fingerprint density at radius 1 is 0.853 bits per heavy atom. The van der Waals surface area contributed by atoms with Gasteiger partial charge in [-0.3, -0.25) is 0 Å². The first-order valence-electron chi connectivity index (χ1n) is 12.2. The molecule has 0 N–H and O–H groups in total. The molecule has 0 atom stereocenters. The fourth-order valence-electron chi connectivity index (χ4n) is 4.79. The Labute approximate surface area is 200 Å². The van der Waals surface area contributed by atoms with Gasteiger partial charge < -0.3 is 4.74 Å². The molecule has 4 rings (SSSR count). The average molecular weight is 465 g/mol. The van der Waals surface area contributed by atoms with Gasteiger partial charge in [-0.05, 0) is 85.3 Å². The third-order valence-electron chi connectivity index (χ3n) is 6.81. The van der Waals surface area contributed by atoms with Crippen LogP contribution in [0.5, 0.6) is 5.75 Å². The Morgan fingerprint density at radius 3 is 2.24 bits per heavy atom. The van der Waals surface area contributed by atoms with Gasteiger partial charge in [-0.25, -0.2) is 13.2 Å². The minimum atomic E-state index is -0.763. The summed E-state index contributed by atoms with van der Waals surface area (Å²) >= 11 is 0. The number of halogens is 3. The molecule has 0 spiro atoms. The first-order chi connectivity index (χ1) is 16.5. The Bertz CT molecular complexity index is 1140. The summed E-state index contributed by atoms with van der Waals surface area (Å²) in [6.07, 6.45) is 8.32. The van der Waals surface area contributed by atoms with Crippen molar-refractivity contribution in [3.8, 4) is 16.9 Å². The lowest BCUT2D eigenvalue weighted by molar-refractivity contribution is 0.321. The zero-order valence-corrected chi connectivity index (χ0v) is 19.8. The van der Waals surface area contributed by atoms with E-state index in [4.69, 9.17) is 4.74 Å². The van der Waals surface area contributed by atoms with Gasteiger partial charge in [0, 0.05) is 5.56 Å². The van der Waals surface area contributed by atoms with Crippen molar-refractivity contribution in [1.29, 1.82) is 0 Å². The smallest absolute Gasteiger partial charge is 0.166 e. The van der Waals surface area contributed by atoms with Crippen LogP contribution >= 0.6 is 0 Å². The van der Waals surface area contributed by atoms with Gasteiger partial charge in [0.05, 0.1) is 6.61 Å². The highest BCUT2D eigenvalue weighted by Gasteiger charge is 2.25. The van der Waals surface area contributed by atoms with Crippen LogP contribution in [-0.2, 0) is 6.42 Å². The van der Waals surface area contributed by atoms with Crippen molar-refractivity contribution >= 4 is 6.08 Å². The van der Waals surface area contributed by atoms with E-state index < -0.39 is 11.6 Å². The van der Waals surface area contributed by atoms with Gasteiger partial charge in [0.1, 0.15) is 0 Å². The van der Waals surface area contributed by atoms with Crippen molar-refractivity contribution in [1.82, 2.24) is 0 Å². The fraction of sp³-hybridized carbons (Fsp3) is 0.333. The van der Waals surface area contributed by atoms with E-state index in [0.717, 1.165) is 37.7 Å². The van der Waals surface area contributed by atoms with Crippen LogP contribution in [0.15, 0.2) is 60.7 Å². The lowest BCUT2D eigenvalue weighted by Crippen LogP contribution is -2.13. The highest BCUT2D eigenvalue weighted by molar-refractivity contribution is 5.65. The predicted octanol–water partition coefficient (Wildman–Crippen LogP) is 8.72. The van der Waals surface area contributed by atoms with E-state index in [-0.39, 0.29) is 17.5 Å². The van der Waals surface area contributed by atoms with Crippen molar-refractivity contribution in [2.45, 2.75) is 51.9 Å². The fourth-order valence-corrected chi connectivity index (χ4v) is 4.79. The van der Waals surface area contributed by atoms with Crippen molar-refractivity contribution < 1.29 is 17.9 Å². The van der Waals surface area contributed by atoms with Crippen LogP contribution in [0.2, 0.25) is 0 Å². The molecule has 0 radical (unpaired) electrons. The molecule has 178 valence electrons. The third-order valence-corrected chi connectivity index (χ3v) is 6.81. The minimum absolute atomic E-state index is 0.0126. The Morgan fingerprint density at radius 2 is 1.59 bits per heavy atom. The van der Waals surface area contributed by atoms with E-state index in [1.807, 2.05) is 43.3 Å². The van der Waals surface area contributed by atoms with E-state index in [1.54, 1.807) is 18.2 Å². The minimum Gasteiger partial charge on any atom is -0.491 e. The van der Waals surface area contributed by atoms with Gasteiger partial charge in [0.15, 0.2) is 23.2 Å². The summed E-state index contributed by atoms with van der Waals surface area (Å²) in [6, 6.07) is 16.0. The summed E-state index contributed by atoms with van der Waals surface area (Å²) in [7, 11) is 0. The van der Waals surface area contributed by atoms with Crippen LogP contribution in [0.4, 0.5) is 13.2 Å². The normalized spacial score (nSPS) is 18.4. The topological polar surface area (TPSA) is 9.23 Å². The second-order valence-electron chi connectivity index (χ2n) is 8.97. The quantitative estimate of drug-likeness (QED) is 0.340. The summed E-state index contributed by atoms with van der Waals surface area (Å²) in [6.45, 7) is 4.31. The van der Waals surface area contributed by atoms with Crippen LogP contribution in [0.3, 0.4) is 0 Å². The summed E-state index contributed by atoms with van der Waals surface area (Å²) in [5.41, 5.74) is 3.43. The molecule has 0 amide bonds. The first kappa shape index (κ1) is 24.1. The summed E-state index contributed by atoms with van der Waals surface area (Å²) in [4.78, 5) is 0. The second-order valence-corrected chi connectivity index (χ2v) is 8.97. The number of hydrogen-bond acceptors (Lipinski definition) is 1. The highest BCUT2D eigenvalue weighted by atomic mass is 19.2. The molecule has 4 heteroatoms. The number of ether oxygens (including phenoxy) is 1. The molecule has 3 aromatic rings. The maximum absolute atomic E-state index is 15.0. The molecule has 1 aliphatic rings. The van der Waals surface area contributed by atoms with Crippen LogP contribution < -0.4 is 4.74 Å². The molecule has 1 saturated carbocycles. The molecule has 1 aliphatic carbocycles. The standard InChI is InChI=1S/C30H31F3O/c1-3-20-7-12-23(13-8-20)25-16-17-26(30(33)29(25)32)24-14-9-21(10-15-24)5-6-22-11-18-28(34-4-2)27(31)19-22/h5-8,11-13,16-19,21,24H,3-4,9-10,14-15H2,1-2H3. The second kappa shape index (κ2) is 10.9. The van der Waals surface area contributed by atoms with Gasteiger partial charge in [0.25, 0.3) is 0 Å². The van der Waals surface area contributed by atoms with Gasteiger partial charge >= 0.3 is 0 Å². The van der Waals surface area contributed by atoms with E-state index in [1.165, 1.54) is 11.6 Å². The van der Waals surface area contributed by atoms with Crippen LogP contribution in [-0.4, -0.2) is 6.61 Å². The Balaban J connectivity index is 1.40. The van der Waals surface area contributed by atoms with E-state index in [9.17, 15) is 8.78 Å². The van der Waals surface area contributed by atoms with E-state index in [0.29, 0.717) is 29.2 Å².